The summed E-state index contributed by atoms with van der Waals surface area (Å²) in [7, 11) is -4.38. The lowest BCUT2D eigenvalue weighted by Crippen LogP contribution is -2.52. The first-order valence-electron chi connectivity index (χ1n) is 9.64. The first-order valence-corrected chi connectivity index (χ1v) is 14.4. The van der Waals surface area contributed by atoms with Gasteiger partial charge in [0.15, 0.2) is 0 Å². The van der Waals surface area contributed by atoms with Crippen LogP contribution in [0.5, 0.6) is 0 Å². The Morgan fingerprint density at radius 3 is 1.54 bits per heavy atom. The Bertz CT molecular complexity index is 636. The predicted molar refractivity (Wildman–Crippen MR) is 119 cm³/mol. The average Bonchev–Trinajstić information content (AvgIpc) is 2.63. The molecule has 0 fully saturated rings. The van der Waals surface area contributed by atoms with E-state index in [1.807, 2.05) is 55.1 Å². The van der Waals surface area contributed by atoms with Crippen molar-refractivity contribution in [1.82, 2.24) is 0 Å². The minimum atomic E-state index is -2.28. The van der Waals surface area contributed by atoms with Gasteiger partial charge in [-0.1, -0.05) is 102 Å². The van der Waals surface area contributed by atoms with Crippen molar-refractivity contribution in [3.8, 4) is 0 Å². The van der Waals surface area contributed by atoms with Crippen LogP contribution in [0.3, 0.4) is 0 Å². The second-order valence-corrected chi connectivity index (χ2v) is 16.3. The van der Waals surface area contributed by atoms with Crippen LogP contribution in [0.15, 0.2) is 60.7 Å². The van der Waals surface area contributed by atoms with Gasteiger partial charge in [-0.05, 0) is 34.0 Å². The van der Waals surface area contributed by atoms with E-state index in [1.54, 1.807) is 0 Å². The van der Waals surface area contributed by atoms with E-state index in [4.69, 9.17) is 0 Å². The molecule has 26 heavy (non-hydrogen) atoms. The zero-order valence-corrected chi connectivity index (χ0v) is 19.3. The van der Waals surface area contributed by atoms with E-state index in [0.29, 0.717) is 0 Å². The van der Waals surface area contributed by atoms with E-state index in [-0.39, 0.29) is 5.04 Å². The van der Waals surface area contributed by atoms with Crippen molar-refractivity contribution in [2.45, 2.75) is 64.7 Å². The molecule has 4 heteroatoms. The van der Waals surface area contributed by atoms with Crippen LogP contribution in [0.4, 0.5) is 0 Å². The third-order valence-electron chi connectivity index (χ3n) is 5.36. The monoisotopic (exact) mass is 388 g/mol. The highest BCUT2D eigenvalue weighted by atomic mass is 28.4. The van der Waals surface area contributed by atoms with Gasteiger partial charge in [0.1, 0.15) is 0 Å². The van der Waals surface area contributed by atoms with Crippen molar-refractivity contribution in [1.29, 1.82) is 0 Å². The predicted octanol–water partition coefficient (Wildman–Crippen LogP) is 4.52. The lowest BCUT2D eigenvalue weighted by molar-refractivity contribution is 0.496. The van der Waals surface area contributed by atoms with E-state index >= 15 is 0 Å². The minimum absolute atomic E-state index is 0.00560. The van der Waals surface area contributed by atoms with Gasteiger partial charge in [0.2, 0.25) is 16.6 Å². The maximum absolute atomic E-state index is 10.5. The molecule has 0 aliphatic heterocycles. The van der Waals surface area contributed by atoms with E-state index < -0.39 is 16.6 Å². The van der Waals surface area contributed by atoms with Gasteiger partial charge in [-0.15, -0.1) is 0 Å². The maximum Gasteiger partial charge on any atom is 0.222 e. The average molecular weight is 389 g/mol. The maximum atomic E-state index is 10.5. The first-order chi connectivity index (χ1) is 12.1. The molecule has 0 aliphatic carbocycles. The van der Waals surface area contributed by atoms with Crippen molar-refractivity contribution in [3.05, 3.63) is 60.7 Å². The molecular formula is C22H36O2Si2. The molecule has 0 bridgehead atoms. The Kier molecular flexibility index (Phi) is 8.47. The van der Waals surface area contributed by atoms with Crippen LogP contribution in [-0.4, -0.2) is 26.2 Å². The first kappa shape index (κ1) is 22.8. The Morgan fingerprint density at radius 1 is 0.769 bits per heavy atom. The molecule has 0 aliphatic rings. The van der Waals surface area contributed by atoms with E-state index in [9.17, 15) is 9.59 Å². The smallest absolute Gasteiger partial charge is 0.222 e. The Hall–Kier alpha value is -1.21. The molecule has 0 spiro atoms. The summed E-state index contributed by atoms with van der Waals surface area (Å²) < 4.78 is 0. The van der Waals surface area contributed by atoms with Crippen LogP contribution in [0.1, 0.15) is 41.0 Å². The molecule has 0 heterocycles. The van der Waals surface area contributed by atoms with Gasteiger partial charge in [-0.3, -0.25) is 0 Å². The van der Waals surface area contributed by atoms with Gasteiger partial charge in [0.25, 0.3) is 0 Å². The molecule has 2 rings (SSSR count). The summed E-state index contributed by atoms with van der Waals surface area (Å²) in [6.45, 7) is 12.5. The molecule has 2 aromatic rings. The number of benzene rings is 2. The quantitative estimate of drug-likeness (QED) is 0.739. The minimum Gasteiger partial charge on any atom is -0.427 e. The number of hydrogen-bond acceptors (Lipinski definition) is 2. The van der Waals surface area contributed by atoms with Gasteiger partial charge in [-0.2, -0.15) is 0 Å². The van der Waals surface area contributed by atoms with Crippen molar-refractivity contribution < 1.29 is 9.59 Å². The van der Waals surface area contributed by atoms with Gasteiger partial charge >= 0.3 is 0 Å². The molecule has 0 saturated carbocycles. The fourth-order valence-electron chi connectivity index (χ4n) is 2.88. The standard InChI is InChI=1S/2C11H18OSi/c1-11(2,3)13(4,12)10-8-6-5-7-9-10;1-3-10-13(12,4-2)11-8-6-5-7-9-11/h5-9,12H,1-4H3;5-9,12H,3-4,10H2,1-2H3. The summed E-state index contributed by atoms with van der Waals surface area (Å²) in [5.41, 5.74) is 0. The molecule has 0 saturated heterocycles. The van der Waals surface area contributed by atoms with Gasteiger partial charge < -0.3 is 9.59 Å². The highest BCUT2D eigenvalue weighted by molar-refractivity contribution is 6.86. The van der Waals surface area contributed by atoms with Crippen LogP contribution < -0.4 is 10.4 Å². The van der Waals surface area contributed by atoms with Crippen LogP contribution in [-0.2, 0) is 0 Å². The number of hydrogen-bond donors (Lipinski definition) is 2. The van der Waals surface area contributed by atoms with Crippen LogP contribution >= 0.6 is 0 Å². The lowest BCUT2D eigenvalue weighted by atomic mass is 10.2. The number of rotatable bonds is 5. The molecular weight excluding hydrogens is 352 g/mol. The molecule has 2 unspecified atom stereocenters. The summed E-state index contributed by atoms with van der Waals surface area (Å²) in [4.78, 5) is 20.9. The third kappa shape index (κ3) is 5.91. The lowest BCUT2D eigenvalue weighted by Gasteiger charge is -2.34. The van der Waals surface area contributed by atoms with Crippen molar-refractivity contribution in [3.63, 3.8) is 0 Å². The second-order valence-electron chi connectivity index (χ2n) is 8.19. The molecule has 2 atom stereocenters. The summed E-state index contributed by atoms with van der Waals surface area (Å²) in [5.74, 6) is 0. The second kappa shape index (κ2) is 9.65. The summed E-state index contributed by atoms with van der Waals surface area (Å²) >= 11 is 0. The Morgan fingerprint density at radius 2 is 1.19 bits per heavy atom. The van der Waals surface area contributed by atoms with E-state index in [1.165, 1.54) is 5.19 Å². The van der Waals surface area contributed by atoms with E-state index in [2.05, 4.69) is 46.8 Å². The molecule has 0 radical (unpaired) electrons. The Balaban J connectivity index is 0.000000260. The van der Waals surface area contributed by atoms with Crippen LogP contribution in [0.25, 0.3) is 0 Å². The molecule has 2 aromatic carbocycles. The highest BCUT2D eigenvalue weighted by Crippen LogP contribution is 2.33. The van der Waals surface area contributed by atoms with Gasteiger partial charge in [-0.25, -0.2) is 0 Å². The van der Waals surface area contributed by atoms with Gasteiger partial charge in [0.05, 0.1) is 0 Å². The Labute approximate surface area is 162 Å². The van der Waals surface area contributed by atoms with Crippen LogP contribution in [0.2, 0.25) is 23.7 Å². The third-order valence-corrected chi connectivity index (χ3v) is 13.6. The molecule has 0 aromatic heterocycles. The highest BCUT2D eigenvalue weighted by Gasteiger charge is 2.40. The fraction of sp³-hybridized carbons (Fsp3) is 0.455. The van der Waals surface area contributed by atoms with Gasteiger partial charge in [0, 0.05) is 0 Å². The zero-order valence-electron chi connectivity index (χ0n) is 17.3. The summed E-state index contributed by atoms with van der Waals surface area (Å²) in [5, 5.41) is 2.29. The molecule has 144 valence electrons. The summed E-state index contributed by atoms with van der Waals surface area (Å²) in [6.07, 6.45) is 1.07. The van der Waals surface area contributed by atoms with Crippen molar-refractivity contribution in [2.75, 3.05) is 0 Å². The fourth-order valence-corrected chi connectivity index (χ4v) is 7.28. The topological polar surface area (TPSA) is 40.5 Å². The van der Waals surface area contributed by atoms with E-state index in [0.717, 1.165) is 23.7 Å². The SMILES string of the molecule is CC(C)(C)[Si](C)(O)c1ccccc1.CCC[Si](O)(CC)c1ccccc1. The van der Waals surface area contributed by atoms with Crippen molar-refractivity contribution >= 4 is 27.0 Å². The zero-order chi connectivity index (χ0) is 19.8. The molecule has 2 nitrogen and oxygen atoms in total. The van der Waals surface area contributed by atoms with Crippen LogP contribution in [0, 0.1) is 0 Å². The molecule has 2 N–H and O–H groups in total. The van der Waals surface area contributed by atoms with Crippen molar-refractivity contribution in [2.24, 2.45) is 0 Å². The molecule has 0 amide bonds. The largest absolute Gasteiger partial charge is 0.427 e. The summed E-state index contributed by atoms with van der Waals surface area (Å²) in [6, 6.07) is 22.1. The normalized spacial score (nSPS) is 16.0.